The molecule has 2 aliphatic rings. The van der Waals surface area contributed by atoms with Crippen LogP contribution in [0.15, 0.2) is 18.2 Å². The maximum Gasteiger partial charge on any atom is 0.224 e. The number of para-hydroxylation sites is 1. The highest BCUT2D eigenvalue weighted by molar-refractivity contribution is 5.95. The van der Waals surface area contributed by atoms with E-state index in [2.05, 4.69) is 11.4 Å². The van der Waals surface area contributed by atoms with Gasteiger partial charge in [0, 0.05) is 17.7 Å². The van der Waals surface area contributed by atoms with E-state index < -0.39 is 0 Å². The number of benzene rings is 1. The van der Waals surface area contributed by atoms with Gasteiger partial charge in [0.15, 0.2) is 0 Å². The van der Waals surface area contributed by atoms with E-state index in [-0.39, 0.29) is 12.0 Å². The summed E-state index contributed by atoms with van der Waals surface area (Å²) in [5.41, 5.74) is 3.36. The van der Waals surface area contributed by atoms with Gasteiger partial charge in [-0.25, -0.2) is 0 Å². The van der Waals surface area contributed by atoms with Gasteiger partial charge in [-0.1, -0.05) is 18.2 Å². The molecule has 1 unspecified atom stereocenters. The molecule has 1 fully saturated rings. The van der Waals surface area contributed by atoms with Crippen molar-refractivity contribution in [2.45, 2.75) is 18.9 Å². The molecule has 0 radical (unpaired) electrons. The van der Waals surface area contributed by atoms with Gasteiger partial charge in [-0.2, -0.15) is 0 Å². The van der Waals surface area contributed by atoms with E-state index in [1.54, 1.807) is 0 Å². The summed E-state index contributed by atoms with van der Waals surface area (Å²) in [6, 6.07) is 6.13. The average molecular weight is 189 g/mol. The molecule has 1 atom stereocenters. The Labute approximate surface area is 82.1 Å². The Kier molecular flexibility index (Phi) is 1.61. The second-order valence-electron chi connectivity index (χ2n) is 3.75. The van der Waals surface area contributed by atoms with Gasteiger partial charge in [-0.15, -0.1) is 0 Å². The van der Waals surface area contributed by atoms with Crippen LogP contribution in [0.2, 0.25) is 0 Å². The largest absolute Gasteiger partial charge is 0.368 e. The Morgan fingerprint density at radius 1 is 1.36 bits per heavy atom. The SMILES string of the molecule is O=C1CCc2cccc(C3CO3)c2N1. The van der Waals surface area contributed by atoms with Gasteiger partial charge in [-0.3, -0.25) is 4.79 Å². The van der Waals surface area contributed by atoms with Crippen LogP contribution in [-0.4, -0.2) is 12.5 Å². The summed E-state index contributed by atoms with van der Waals surface area (Å²) < 4.78 is 5.24. The molecule has 1 N–H and O–H groups in total. The smallest absolute Gasteiger partial charge is 0.224 e. The molecule has 0 spiro atoms. The van der Waals surface area contributed by atoms with Crippen LogP contribution in [0.4, 0.5) is 5.69 Å². The molecular formula is C11H11NO2. The molecular weight excluding hydrogens is 178 g/mol. The van der Waals surface area contributed by atoms with Gasteiger partial charge in [0.2, 0.25) is 5.91 Å². The highest BCUT2D eigenvalue weighted by Gasteiger charge is 2.30. The predicted molar refractivity (Wildman–Crippen MR) is 52.1 cm³/mol. The minimum Gasteiger partial charge on any atom is -0.368 e. The highest BCUT2D eigenvalue weighted by atomic mass is 16.6. The van der Waals surface area contributed by atoms with Crippen LogP contribution >= 0.6 is 0 Å². The number of hydrogen-bond acceptors (Lipinski definition) is 2. The van der Waals surface area contributed by atoms with Gasteiger partial charge in [0.05, 0.1) is 6.61 Å². The van der Waals surface area contributed by atoms with Crippen molar-refractivity contribution in [1.82, 2.24) is 0 Å². The van der Waals surface area contributed by atoms with Crippen LogP contribution in [0.1, 0.15) is 23.7 Å². The zero-order chi connectivity index (χ0) is 9.54. The summed E-state index contributed by atoms with van der Waals surface area (Å²) in [5, 5.41) is 2.93. The summed E-state index contributed by atoms with van der Waals surface area (Å²) >= 11 is 0. The van der Waals surface area contributed by atoms with E-state index in [4.69, 9.17) is 4.74 Å². The Balaban J connectivity index is 2.08. The minimum atomic E-state index is 0.116. The third-order valence-corrected chi connectivity index (χ3v) is 2.75. The number of ether oxygens (including phenoxy) is 1. The molecule has 0 aromatic heterocycles. The molecule has 0 aliphatic carbocycles. The Bertz CT molecular complexity index is 396. The monoisotopic (exact) mass is 189 g/mol. The molecule has 1 amide bonds. The van der Waals surface area contributed by atoms with E-state index in [0.717, 1.165) is 24.3 Å². The normalized spacial score (nSPS) is 24.0. The van der Waals surface area contributed by atoms with E-state index in [1.807, 2.05) is 12.1 Å². The standard InChI is InChI=1S/C11H11NO2/c13-10-5-4-7-2-1-3-8(9-6-14-9)11(7)12-10/h1-3,9H,4-6H2,(H,12,13). The van der Waals surface area contributed by atoms with Crippen molar-refractivity contribution < 1.29 is 9.53 Å². The van der Waals surface area contributed by atoms with Crippen molar-refractivity contribution in [2.24, 2.45) is 0 Å². The first kappa shape index (κ1) is 8.00. The van der Waals surface area contributed by atoms with Gasteiger partial charge in [0.1, 0.15) is 6.10 Å². The van der Waals surface area contributed by atoms with Crippen molar-refractivity contribution in [3.63, 3.8) is 0 Å². The number of carbonyl (C=O) groups excluding carboxylic acids is 1. The van der Waals surface area contributed by atoms with Crippen LogP contribution in [0.3, 0.4) is 0 Å². The number of rotatable bonds is 1. The molecule has 1 aromatic carbocycles. The van der Waals surface area contributed by atoms with E-state index in [0.29, 0.717) is 6.42 Å². The van der Waals surface area contributed by atoms with Gasteiger partial charge < -0.3 is 10.1 Å². The third-order valence-electron chi connectivity index (χ3n) is 2.75. The van der Waals surface area contributed by atoms with Crippen LogP contribution < -0.4 is 5.32 Å². The number of nitrogens with one attached hydrogen (secondary N) is 1. The lowest BCUT2D eigenvalue weighted by Gasteiger charge is -2.19. The number of fused-ring (bicyclic) bond motifs is 1. The van der Waals surface area contributed by atoms with Crippen LogP contribution in [0.5, 0.6) is 0 Å². The molecule has 72 valence electrons. The molecule has 0 bridgehead atoms. The fraction of sp³-hybridized carbons (Fsp3) is 0.364. The molecule has 3 nitrogen and oxygen atoms in total. The first-order chi connectivity index (χ1) is 6.84. The average Bonchev–Trinajstić information content (AvgIpc) is 3.00. The summed E-state index contributed by atoms with van der Waals surface area (Å²) in [4.78, 5) is 11.3. The van der Waals surface area contributed by atoms with Gasteiger partial charge in [-0.05, 0) is 12.0 Å². The lowest BCUT2D eigenvalue weighted by Crippen LogP contribution is -2.20. The third kappa shape index (κ3) is 1.21. The van der Waals surface area contributed by atoms with Gasteiger partial charge in [0.25, 0.3) is 0 Å². The topological polar surface area (TPSA) is 41.6 Å². The fourth-order valence-electron chi connectivity index (χ4n) is 1.93. The quantitative estimate of drug-likeness (QED) is 0.682. The molecule has 3 heteroatoms. The summed E-state index contributed by atoms with van der Waals surface area (Å²) in [6.07, 6.45) is 1.66. The Morgan fingerprint density at radius 3 is 3.00 bits per heavy atom. The predicted octanol–water partition coefficient (Wildman–Crippen LogP) is 1.64. The van der Waals surface area contributed by atoms with E-state index >= 15 is 0 Å². The van der Waals surface area contributed by atoms with Crippen molar-refractivity contribution in [3.05, 3.63) is 29.3 Å². The first-order valence-corrected chi connectivity index (χ1v) is 4.88. The summed E-state index contributed by atoms with van der Waals surface area (Å²) in [6.45, 7) is 0.784. The number of anilines is 1. The van der Waals surface area contributed by atoms with Crippen molar-refractivity contribution in [1.29, 1.82) is 0 Å². The molecule has 2 aliphatic heterocycles. The number of epoxide rings is 1. The number of carbonyl (C=O) groups is 1. The highest BCUT2D eigenvalue weighted by Crippen LogP contribution is 2.38. The van der Waals surface area contributed by atoms with Crippen LogP contribution in [0.25, 0.3) is 0 Å². The minimum absolute atomic E-state index is 0.116. The molecule has 1 aromatic rings. The first-order valence-electron chi connectivity index (χ1n) is 4.88. The lowest BCUT2D eigenvalue weighted by atomic mass is 9.98. The zero-order valence-corrected chi connectivity index (χ0v) is 7.75. The number of aryl methyl sites for hydroxylation is 1. The molecule has 3 rings (SSSR count). The van der Waals surface area contributed by atoms with Crippen LogP contribution in [0, 0.1) is 0 Å². The van der Waals surface area contributed by atoms with Crippen molar-refractivity contribution in [3.8, 4) is 0 Å². The molecule has 1 saturated heterocycles. The van der Waals surface area contributed by atoms with Gasteiger partial charge >= 0.3 is 0 Å². The van der Waals surface area contributed by atoms with Crippen LogP contribution in [-0.2, 0) is 16.0 Å². The van der Waals surface area contributed by atoms with Crippen molar-refractivity contribution >= 4 is 11.6 Å². The molecule has 0 saturated carbocycles. The van der Waals surface area contributed by atoms with Crippen molar-refractivity contribution in [2.75, 3.05) is 11.9 Å². The summed E-state index contributed by atoms with van der Waals surface area (Å²) in [5.74, 6) is 0.116. The number of hydrogen-bond donors (Lipinski definition) is 1. The maximum atomic E-state index is 11.3. The van der Waals surface area contributed by atoms with E-state index in [1.165, 1.54) is 5.56 Å². The Hall–Kier alpha value is -1.35. The molecule has 14 heavy (non-hydrogen) atoms. The molecule has 2 heterocycles. The second kappa shape index (κ2) is 2.82. The lowest BCUT2D eigenvalue weighted by molar-refractivity contribution is -0.116. The maximum absolute atomic E-state index is 11.3. The Morgan fingerprint density at radius 2 is 2.21 bits per heavy atom. The van der Waals surface area contributed by atoms with E-state index in [9.17, 15) is 4.79 Å². The fourth-order valence-corrected chi connectivity index (χ4v) is 1.93. The number of amides is 1. The second-order valence-corrected chi connectivity index (χ2v) is 3.75. The summed E-state index contributed by atoms with van der Waals surface area (Å²) in [7, 11) is 0. The zero-order valence-electron chi connectivity index (χ0n) is 7.75.